The highest BCUT2D eigenvalue weighted by Crippen LogP contribution is 2.30. The van der Waals surface area contributed by atoms with Gasteiger partial charge in [0.25, 0.3) is 5.91 Å². The van der Waals surface area contributed by atoms with Crippen LogP contribution in [0.25, 0.3) is 10.6 Å². The number of carbonyl (C=O) groups excluding carboxylic acids is 1. The Balaban J connectivity index is 1.43. The zero-order valence-corrected chi connectivity index (χ0v) is 19.4. The van der Waals surface area contributed by atoms with Gasteiger partial charge in [-0.05, 0) is 24.6 Å². The molecule has 1 aromatic heterocycles. The van der Waals surface area contributed by atoms with Crippen LogP contribution in [0.5, 0.6) is 0 Å². The molecule has 0 N–H and O–H groups in total. The number of carbonyl (C=O) groups is 1. The summed E-state index contributed by atoms with van der Waals surface area (Å²) in [6.07, 6.45) is 0. The maximum Gasteiger partial charge on any atom is 0.265 e. The number of amides is 1. The molecule has 1 fully saturated rings. The van der Waals surface area contributed by atoms with Crippen LogP contribution in [0.1, 0.15) is 20.9 Å². The first-order chi connectivity index (χ1) is 14.8. The second-order valence-electron chi connectivity index (χ2n) is 7.38. The maximum absolute atomic E-state index is 13.1. The topological polar surface area (TPSA) is 70.6 Å². The molecule has 3 aromatic rings. The number of hydrogen-bond acceptors (Lipinski definition) is 5. The first kappa shape index (κ1) is 22.0. The van der Waals surface area contributed by atoms with Crippen molar-refractivity contribution in [3.05, 3.63) is 75.8 Å². The molecule has 0 saturated carbocycles. The van der Waals surface area contributed by atoms with Crippen molar-refractivity contribution >= 4 is 38.9 Å². The van der Waals surface area contributed by atoms with Crippen molar-refractivity contribution in [1.29, 1.82) is 0 Å². The first-order valence-corrected chi connectivity index (χ1v) is 12.7. The SMILES string of the molecule is Cc1nc(-c2cccc(Cl)c2)sc1C(=O)N1CCN(S(=O)(=O)Cc2ccccc2)CC1. The summed E-state index contributed by atoms with van der Waals surface area (Å²) in [7, 11) is -3.42. The lowest BCUT2D eigenvalue weighted by Gasteiger charge is -2.33. The molecule has 1 aliphatic rings. The minimum absolute atomic E-state index is 0.0290. The number of nitrogens with zero attached hydrogens (tertiary/aromatic N) is 3. The van der Waals surface area contributed by atoms with Gasteiger partial charge in [-0.25, -0.2) is 13.4 Å². The summed E-state index contributed by atoms with van der Waals surface area (Å²) >= 11 is 7.41. The van der Waals surface area contributed by atoms with E-state index in [1.165, 1.54) is 15.6 Å². The Hall–Kier alpha value is -2.26. The predicted molar refractivity (Wildman–Crippen MR) is 124 cm³/mol. The molecule has 1 amide bonds. The van der Waals surface area contributed by atoms with E-state index in [1.54, 1.807) is 23.1 Å². The van der Waals surface area contributed by atoms with E-state index in [4.69, 9.17) is 11.6 Å². The average molecular weight is 476 g/mol. The van der Waals surface area contributed by atoms with Gasteiger partial charge in [0.05, 0.1) is 11.4 Å². The molecule has 162 valence electrons. The van der Waals surface area contributed by atoms with Crippen LogP contribution in [-0.4, -0.2) is 54.7 Å². The van der Waals surface area contributed by atoms with Gasteiger partial charge in [0, 0.05) is 36.8 Å². The zero-order chi connectivity index (χ0) is 22.0. The van der Waals surface area contributed by atoms with Crippen LogP contribution >= 0.6 is 22.9 Å². The van der Waals surface area contributed by atoms with Crippen LogP contribution in [0, 0.1) is 6.92 Å². The third kappa shape index (κ3) is 4.98. The second-order valence-corrected chi connectivity index (χ2v) is 10.8. The summed E-state index contributed by atoms with van der Waals surface area (Å²) in [5, 5.41) is 1.36. The summed E-state index contributed by atoms with van der Waals surface area (Å²) in [4.78, 5) is 19.9. The van der Waals surface area contributed by atoms with E-state index in [1.807, 2.05) is 43.3 Å². The quantitative estimate of drug-likeness (QED) is 0.558. The minimum atomic E-state index is -3.42. The number of piperazine rings is 1. The molecule has 1 aliphatic heterocycles. The van der Waals surface area contributed by atoms with Crippen molar-refractivity contribution in [2.24, 2.45) is 0 Å². The van der Waals surface area contributed by atoms with Gasteiger partial charge in [-0.15, -0.1) is 11.3 Å². The van der Waals surface area contributed by atoms with Crippen molar-refractivity contribution in [1.82, 2.24) is 14.2 Å². The van der Waals surface area contributed by atoms with E-state index in [-0.39, 0.29) is 11.7 Å². The van der Waals surface area contributed by atoms with E-state index >= 15 is 0 Å². The van der Waals surface area contributed by atoms with E-state index in [9.17, 15) is 13.2 Å². The minimum Gasteiger partial charge on any atom is -0.335 e. The van der Waals surface area contributed by atoms with Crippen LogP contribution < -0.4 is 0 Å². The van der Waals surface area contributed by atoms with Gasteiger partial charge in [0.2, 0.25) is 10.0 Å². The number of benzene rings is 2. The standard InChI is InChI=1S/C22H22ClN3O3S2/c1-16-20(30-21(24-16)18-8-5-9-19(23)14-18)22(27)25-10-12-26(13-11-25)31(28,29)15-17-6-3-2-4-7-17/h2-9,14H,10-13,15H2,1H3. The molecule has 0 bridgehead atoms. The van der Waals surface area contributed by atoms with Crippen molar-refractivity contribution in [2.45, 2.75) is 12.7 Å². The highest BCUT2D eigenvalue weighted by Gasteiger charge is 2.30. The number of halogens is 1. The lowest BCUT2D eigenvalue weighted by molar-refractivity contribution is 0.0701. The Bertz CT molecular complexity index is 1190. The number of thiazole rings is 1. The lowest BCUT2D eigenvalue weighted by atomic mass is 10.2. The Morgan fingerprint density at radius 1 is 1.06 bits per heavy atom. The normalized spacial score (nSPS) is 15.2. The van der Waals surface area contributed by atoms with E-state index in [0.717, 1.165) is 16.1 Å². The van der Waals surface area contributed by atoms with Gasteiger partial charge in [-0.3, -0.25) is 4.79 Å². The molecule has 31 heavy (non-hydrogen) atoms. The third-order valence-electron chi connectivity index (χ3n) is 5.17. The van der Waals surface area contributed by atoms with Crippen molar-refractivity contribution in [3.8, 4) is 10.6 Å². The van der Waals surface area contributed by atoms with Gasteiger partial charge in [-0.2, -0.15) is 4.31 Å². The molecule has 4 rings (SSSR count). The highest BCUT2D eigenvalue weighted by atomic mass is 35.5. The van der Waals surface area contributed by atoms with E-state index in [0.29, 0.717) is 41.8 Å². The molecule has 0 unspecified atom stereocenters. The number of aromatic nitrogens is 1. The Morgan fingerprint density at radius 2 is 1.77 bits per heavy atom. The average Bonchev–Trinajstić information content (AvgIpc) is 3.15. The van der Waals surface area contributed by atoms with Crippen LogP contribution in [0.2, 0.25) is 5.02 Å². The number of hydrogen-bond donors (Lipinski definition) is 0. The van der Waals surface area contributed by atoms with E-state index in [2.05, 4.69) is 4.98 Å². The molecule has 0 radical (unpaired) electrons. The Morgan fingerprint density at radius 3 is 2.45 bits per heavy atom. The monoisotopic (exact) mass is 475 g/mol. The fraction of sp³-hybridized carbons (Fsp3) is 0.273. The van der Waals surface area contributed by atoms with Gasteiger partial charge in [-0.1, -0.05) is 54.1 Å². The van der Waals surface area contributed by atoms with Crippen LogP contribution in [0.4, 0.5) is 0 Å². The van der Waals surface area contributed by atoms with Crippen LogP contribution in [0.15, 0.2) is 54.6 Å². The van der Waals surface area contributed by atoms with Crippen molar-refractivity contribution < 1.29 is 13.2 Å². The zero-order valence-electron chi connectivity index (χ0n) is 17.0. The maximum atomic E-state index is 13.1. The van der Waals surface area contributed by atoms with Gasteiger partial charge < -0.3 is 4.90 Å². The summed E-state index contributed by atoms with van der Waals surface area (Å²) in [6, 6.07) is 16.5. The summed E-state index contributed by atoms with van der Waals surface area (Å²) < 4.78 is 27.0. The molecule has 2 heterocycles. The third-order valence-corrected chi connectivity index (χ3v) is 8.45. The fourth-order valence-corrected chi connectivity index (χ4v) is 6.27. The number of aryl methyl sites for hydroxylation is 1. The Kier molecular flexibility index (Phi) is 6.43. The van der Waals surface area contributed by atoms with Crippen LogP contribution in [-0.2, 0) is 15.8 Å². The fourth-order valence-electron chi connectivity index (χ4n) is 3.53. The van der Waals surface area contributed by atoms with Crippen molar-refractivity contribution in [2.75, 3.05) is 26.2 Å². The molecule has 0 spiro atoms. The lowest BCUT2D eigenvalue weighted by Crippen LogP contribution is -2.50. The number of sulfonamides is 1. The molecular formula is C22H22ClN3O3S2. The molecule has 0 aliphatic carbocycles. The summed E-state index contributed by atoms with van der Waals surface area (Å²) in [5.74, 6) is -0.137. The number of rotatable bonds is 5. The molecule has 1 saturated heterocycles. The first-order valence-electron chi connectivity index (χ1n) is 9.88. The van der Waals surface area contributed by atoms with Crippen LogP contribution in [0.3, 0.4) is 0 Å². The molecule has 2 aromatic carbocycles. The van der Waals surface area contributed by atoms with Crippen molar-refractivity contribution in [3.63, 3.8) is 0 Å². The highest BCUT2D eigenvalue weighted by molar-refractivity contribution is 7.88. The summed E-state index contributed by atoms with van der Waals surface area (Å²) in [5.41, 5.74) is 2.30. The summed E-state index contributed by atoms with van der Waals surface area (Å²) in [6.45, 7) is 3.12. The van der Waals surface area contributed by atoms with Gasteiger partial charge >= 0.3 is 0 Å². The Labute approximate surface area is 191 Å². The van der Waals surface area contributed by atoms with E-state index < -0.39 is 10.0 Å². The smallest absolute Gasteiger partial charge is 0.265 e. The molecule has 6 nitrogen and oxygen atoms in total. The second kappa shape index (κ2) is 9.08. The largest absolute Gasteiger partial charge is 0.335 e. The molecule has 9 heteroatoms. The van der Waals surface area contributed by atoms with Gasteiger partial charge in [0.15, 0.2) is 0 Å². The molecule has 0 atom stereocenters. The predicted octanol–water partition coefficient (Wildman–Crippen LogP) is 4.06. The molecular weight excluding hydrogens is 454 g/mol. The van der Waals surface area contributed by atoms with Gasteiger partial charge in [0.1, 0.15) is 9.88 Å².